The van der Waals surface area contributed by atoms with Crippen molar-refractivity contribution in [3.63, 3.8) is 0 Å². The number of nitrogens with one attached hydrogen (secondary N) is 1. The van der Waals surface area contributed by atoms with Crippen molar-refractivity contribution in [3.05, 3.63) is 57.2 Å². The molecule has 0 atom stereocenters. The van der Waals surface area contributed by atoms with Crippen LogP contribution in [0.15, 0.2) is 46.6 Å². The number of rotatable bonds is 2. The van der Waals surface area contributed by atoms with Crippen molar-refractivity contribution < 1.29 is 0 Å². The molecule has 0 aliphatic carbocycles. The Bertz CT molecular complexity index is 750. The maximum atomic E-state index is 12.0. The maximum Gasteiger partial charge on any atom is 0.278 e. The number of benzene rings is 1. The lowest BCUT2D eigenvalue weighted by molar-refractivity contribution is 0.966. The van der Waals surface area contributed by atoms with Crippen molar-refractivity contribution in [1.29, 1.82) is 0 Å². The lowest BCUT2D eigenvalue weighted by Crippen LogP contribution is -2.14. The summed E-state index contributed by atoms with van der Waals surface area (Å²) in [4.78, 5) is 15.7. The summed E-state index contributed by atoms with van der Waals surface area (Å²) >= 11 is 7.31. The fraction of sp³-hybridized carbons (Fsp3) is 0. The molecule has 19 heavy (non-hydrogen) atoms. The SMILES string of the molecule is O=c1[nH]c(-c2cccs2)nnc1-c1ccc(Cl)cc1. The van der Waals surface area contributed by atoms with E-state index < -0.39 is 0 Å². The minimum atomic E-state index is -0.263. The summed E-state index contributed by atoms with van der Waals surface area (Å²) < 4.78 is 0. The molecular formula is C13H8ClN3OS. The molecule has 0 spiro atoms. The van der Waals surface area contributed by atoms with Crippen LogP contribution in [0.4, 0.5) is 0 Å². The first-order chi connectivity index (χ1) is 9.24. The molecule has 0 unspecified atom stereocenters. The summed E-state index contributed by atoms with van der Waals surface area (Å²) in [6.07, 6.45) is 0. The third-order valence-corrected chi connectivity index (χ3v) is 3.70. The van der Waals surface area contributed by atoms with Crippen molar-refractivity contribution in [1.82, 2.24) is 15.2 Å². The highest BCUT2D eigenvalue weighted by Crippen LogP contribution is 2.20. The van der Waals surface area contributed by atoms with E-state index in [4.69, 9.17) is 11.6 Å². The molecule has 6 heteroatoms. The van der Waals surface area contributed by atoms with Crippen molar-refractivity contribution >= 4 is 22.9 Å². The molecule has 3 rings (SSSR count). The highest BCUT2D eigenvalue weighted by Gasteiger charge is 2.09. The van der Waals surface area contributed by atoms with Crippen LogP contribution in [0.5, 0.6) is 0 Å². The van der Waals surface area contributed by atoms with Gasteiger partial charge in [-0.05, 0) is 23.6 Å². The summed E-state index contributed by atoms with van der Waals surface area (Å²) in [6, 6.07) is 10.7. The van der Waals surface area contributed by atoms with Crippen LogP contribution < -0.4 is 5.56 Å². The first-order valence-electron chi connectivity index (χ1n) is 5.51. The molecule has 0 aliphatic heterocycles. The molecule has 0 fully saturated rings. The Morgan fingerprint density at radius 2 is 1.89 bits per heavy atom. The van der Waals surface area contributed by atoms with E-state index >= 15 is 0 Å². The monoisotopic (exact) mass is 289 g/mol. The van der Waals surface area contributed by atoms with Gasteiger partial charge in [-0.25, -0.2) is 0 Å². The second-order valence-electron chi connectivity index (χ2n) is 3.84. The third-order valence-electron chi connectivity index (χ3n) is 2.57. The van der Waals surface area contributed by atoms with Crippen LogP contribution in [-0.4, -0.2) is 15.2 Å². The molecule has 1 aromatic carbocycles. The van der Waals surface area contributed by atoms with E-state index in [0.29, 0.717) is 16.4 Å². The number of hydrogen-bond donors (Lipinski definition) is 1. The van der Waals surface area contributed by atoms with Gasteiger partial charge in [-0.2, -0.15) is 0 Å². The minimum absolute atomic E-state index is 0.263. The molecule has 0 bridgehead atoms. The van der Waals surface area contributed by atoms with Gasteiger partial charge in [-0.15, -0.1) is 21.5 Å². The fourth-order valence-electron chi connectivity index (χ4n) is 1.66. The van der Waals surface area contributed by atoms with Gasteiger partial charge in [0.2, 0.25) is 0 Å². The van der Waals surface area contributed by atoms with E-state index in [9.17, 15) is 4.79 Å². The highest BCUT2D eigenvalue weighted by atomic mass is 35.5. The average molecular weight is 290 g/mol. The summed E-state index contributed by atoms with van der Waals surface area (Å²) in [5.74, 6) is 0.484. The minimum Gasteiger partial charge on any atom is -0.302 e. The Balaban J connectivity index is 2.05. The van der Waals surface area contributed by atoms with Gasteiger partial charge in [-0.3, -0.25) is 4.79 Å². The highest BCUT2D eigenvalue weighted by molar-refractivity contribution is 7.13. The smallest absolute Gasteiger partial charge is 0.278 e. The zero-order chi connectivity index (χ0) is 13.2. The molecule has 3 aromatic rings. The zero-order valence-corrected chi connectivity index (χ0v) is 11.2. The van der Waals surface area contributed by atoms with Crippen LogP contribution in [0.2, 0.25) is 5.02 Å². The van der Waals surface area contributed by atoms with E-state index in [1.54, 1.807) is 24.3 Å². The van der Waals surface area contributed by atoms with Crippen LogP contribution in [0.3, 0.4) is 0 Å². The number of hydrogen-bond acceptors (Lipinski definition) is 4. The average Bonchev–Trinajstić information content (AvgIpc) is 2.94. The second kappa shape index (κ2) is 4.95. The lowest BCUT2D eigenvalue weighted by Gasteiger charge is -2.00. The van der Waals surface area contributed by atoms with Crippen LogP contribution in [0.1, 0.15) is 0 Å². The van der Waals surface area contributed by atoms with Gasteiger partial charge < -0.3 is 4.98 Å². The molecule has 0 radical (unpaired) electrons. The van der Waals surface area contributed by atoms with Gasteiger partial charge in [0.1, 0.15) is 0 Å². The molecule has 0 saturated carbocycles. The molecule has 2 heterocycles. The number of aromatic nitrogens is 3. The van der Waals surface area contributed by atoms with E-state index in [0.717, 1.165) is 4.88 Å². The Morgan fingerprint density at radius 3 is 2.53 bits per heavy atom. The second-order valence-corrected chi connectivity index (χ2v) is 5.22. The Kier molecular flexibility index (Phi) is 3.15. The van der Waals surface area contributed by atoms with E-state index in [-0.39, 0.29) is 11.3 Å². The Labute approximate surface area is 117 Å². The van der Waals surface area contributed by atoms with Crippen molar-refractivity contribution in [3.8, 4) is 22.0 Å². The number of H-pyrrole nitrogens is 1. The Morgan fingerprint density at radius 1 is 1.11 bits per heavy atom. The molecule has 0 aliphatic rings. The summed E-state index contributed by atoms with van der Waals surface area (Å²) in [6.45, 7) is 0. The van der Waals surface area contributed by atoms with Crippen LogP contribution in [0.25, 0.3) is 22.0 Å². The lowest BCUT2D eigenvalue weighted by atomic mass is 10.2. The molecule has 4 nitrogen and oxygen atoms in total. The van der Waals surface area contributed by atoms with E-state index in [1.807, 2.05) is 17.5 Å². The Hall–Kier alpha value is -1.98. The first-order valence-corrected chi connectivity index (χ1v) is 6.76. The predicted molar refractivity (Wildman–Crippen MR) is 76.4 cm³/mol. The third kappa shape index (κ3) is 2.43. The van der Waals surface area contributed by atoms with Gasteiger partial charge in [0.25, 0.3) is 5.56 Å². The molecule has 1 N–H and O–H groups in total. The van der Waals surface area contributed by atoms with Gasteiger partial charge in [-0.1, -0.05) is 29.8 Å². The largest absolute Gasteiger partial charge is 0.302 e. The van der Waals surface area contributed by atoms with Crippen molar-refractivity contribution in [2.24, 2.45) is 0 Å². The van der Waals surface area contributed by atoms with Gasteiger partial charge in [0.05, 0.1) is 4.88 Å². The summed E-state index contributed by atoms with van der Waals surface area (Å²) in [5, 5.41) is 10.6. The zero-order valence-electron chi connectivity index (χ0n) is 9.63. The number of aromatic amines is 1. The topological polar surface area (TPSA) is 58.6 Å². The molecule has 2 aromatic heterocycles. The molecule has 94 valence electrons. The maximum absolute atomic E-state index is 12.0. The van der Waals surface area contributed by atoms with E-state index in [2.05, 4.69) is 15.2 Å². The summed E-state index contributed by atoms with van der Waals surface area (Å²) in [5.41, 5.74) is 0.716. The fourth-order valence-corrected chi connectivity index (χ4v) is 2.45. The van der Waals surface area contributed by atoms with Gasteiger partial charge in [0.15, 0.2) is 11.5 Å². The number of halogens is 1. The first kappa shape index (κ1) is 12.1. The van der Waals surface area contributed by atoms with Gasteiger partial charge in [0, 0.05) is 10.6 Å². The van der Waals surface area contributed by atoms with Crippen molar-refractivity contribution in [2.75, 3.05) is 0 Å². The van der Waals surface area contributed by atoms with Crippen LogP contribution >= 0.6 is 22.9 Å². The molecule has 0 saturated heterocycles. The van der Waals surface area contributed by atoms with Crippen LogP contribution in [-0.2, 0) is 0 Å². The number of thiophene rings is 1. The number of nitrogens with zero attached hydrogens (tertiary/aromatic N) is 2. The van der Waals surface area contributed by atoms with E-state index in [1.165, 1.54) is 11.3 Å². The molecular weight excluding hydrogens is 282 g/mol. The van der Waals surface area contributed by atoms with Crippen LogP contribution in [0, 0.1) is 0 Å². The predicted octanol–water partition coefficient (Wildman–Crippen LogP) is 3.21. The standard InChI is InChI=1S/C13H8ClN3OS/c14-9-5-3-8(4-6-9)11-13(18)15-12(17-16-11)10-2-1-7-19-10/h1-7H,(H,15,17,18). The van der Waals surface area contributed by atoms with Gasteiger partial charge >= 0.3 is 0 Å². The normalized spacial score (nSPS) is 10.6. The van der Waals surface area contributed by atoms with Crippen molar-refractivity contribution in [2.45, 2.75) is 0 Å². The quantitative estimate of drug-likeness (QED) is 0.788. The summed E-state index contributed by atoms with van der Waals surface area (Å²) in [7, 11) is 0. The molecule has 0 amide bonds.